The maximum absolute atomic E-state index is 12.7. The molecular weight excluding hydrogens is 302 g/mol. The van der Waals surface area contributed by atoms with E-state index in [1.807, 2.05) is 0 Å². The van der Waals surface area contributed by atoms with Crippen LogP contribution in [0.5, 0.6) is 0 Å². The molecular formula is C16H17NO4S. The van der Waals surface area contributed by atoms with Crippen LogP contribution in [0.4, 0.5) is 0 Å². The van der Waals surface area contributed by atoms with E-state index in [0.29, 0.717) is 0 Å². The van der Waals surface area contributed by atoms with Gasteiger partial charge in [-0.15, -0.1) is 0 Å². The monoisotopic (exact) mass is 319 g/mol. The Bertz CT molecular complexity index is 801. The van der Waals surface area contributed by atoms with E-state index in [1.54, 1.807) is 18.2 Å². The van der Waals surface area contributed by atoms with Gasteiger partial charge in [0.2, 0.25) is 11.6 Å². The lowest BCUT2D eigenvalue weighted by molar-refractivity contribution is 0.0974. The van der Waals surface area contributed by atoms with Gasteiger partial charge in [-0.05, 0) is 26.7 Å². The Morgan fingerprint density at radius 1 is 1.05 bits per heavy atom. The maximum atomic E-state index is 12.7. The fourth-order valence-corrected chi connectivity index (χ4v) is 3.70. The molecule has 1 aromatic rings. The molecule has 0 heterocycles. The number of benzene rings is 1. The first-order chi connectivity index (χ1) is 10.3. The Morgan fingerprint density at radius 3 is 2.09 bits per heavy atom. The van der Waals surface area contributed by atoms with Crippen LogP contribution in [0.15, 0.2) is 34.9 Å². The molecule has 5 nitrogen and oxygen atoms in total. The van der Waals surface area contributed by atoms with E-state index in [9.17, 15) is 18.0 Å². The minimum Gasteiger partial charge on any atom is -0.378 e. The van der Waals surface area contributed by atoms with Gasteiger partial charge in [0.05, 0.1) is 5.25 Å². The van der Waals surface area contributed by atoms with Crippen molar-refractivity contribution >= 4 is 21.4 Å². The maximum Gasteiger partial charge on any atom is 0.211 e. The Hall–Kier alpha value is -1.95. The molecule has 0 unspecified atom stereocenters. The number of hydrogen-bond donors (Lipinski definition) is 1. The average molecular weight is 319 g/mol. The lowest BCUT2D eigenvalue weighted by Crippen LogP contribution is -2.36. The van der Waals surface area contributed by atoms with Gasteiger partial charge in [-0.2, -0.15) is 0 Å². The second kappa shape index (κ2) is 5.05. The smallest absolute Gasteiger partial charge is 0.211 e. The van der Waals surface area contributed by atoms with Crippen molar-refractivity contribution < 1.29 is 18.0 Å². The van der Waals surface area contributed by atoms with Crippen molar-refractivity contribution in [1.29, 1.82) is 0 Å². The largest absolute Gasteiger partial charge is 0.378 e. The molecule has 1 aromatic carbocycles. The molecule has 3 rings (SSSR count). The van der Waals surface area contributed by atoms with E-state index in [4.69, 9.17) is 0 Å². The molecule has 1 fully saturated rings. The number of allylic oxidation sites excluding steroid dienone is 2. The Morgan fingerprint density at radius 2 is 1.59 bits per heavy atom. The zero-order valence-electron chi connectivity index (χ0n) is 12.4. The molecule has 0 saturated heterocycles. The first-order valence-corrected chi connectivity index (χ1v) is 8.81. The third-order valence-corrected chi connectivity index (χ3v) is 6.11. The number of sulfone groups is 1. The number of Topliss-reactive ketones (excluding diaryl/α,β-unsaturated/α-hetero) is 2. The predicted molar refractivity (Wildman–Crippen MR) is 82.3 cm³/mol. The molecule has 0 spiro atoms. The van der Waals surface area contributed by atoms with Crippen molar-refractivity contribution in [3.63, 3.8) is 0 Å². The highest BCUT2D eigenvalue weighted by Crippen LogP contribution is 2.32. The minimum atomic E-state index is -3.85. The molecule has 0 amide bonds. The van der Waals surface area contributed by atoms with Crippen LogP contribution in [0.25, 0.3) is 0 Å². The van der Waals surface area contributed by atoms with Gasteiger partial charge in [-0.1, -0.05) is 24.3 Å². The Kier molecular flexibility index (Phi) is 3.44. The molecule has 0 aromatic heterocycles. The Labute approximate surface area is 129 Å². The normalized spacial score (nSPS) is 18.7. The third-order valence-electron chi connectivity index (χ3n) is 3.91. The summed E-state index contributed by atoms with van der Waals surface area (Å²) in [6.07, 6.45) is 1.75. The SMILES string of the molecule is CC(C)S(=O)(=O)C1=C(NC2CC2)C(=O)c2ccccc2C1=O. The topological polar surface area (TPSA) is 80.3 Å². The zero-order chi connectivity index (χ0) is 16.1. The molecule has 1 saturated carbocycles. The molecule has 2 aliphatic rings. The van der Waals surface area contributed by atoms with E-state index in [-0.39, 0.29) is 27.8 Å². The highest BCUT2D eigenvalue weighted by Gasteiger charge is 2.41. The fraction of sp³-hybridized carbons (Fsp3) is 0.375. The number of rotatable bonds is 4. The van der Waals surface area contributed by atoms with Crippen LogP contribution in [-0.4, -0.2) is 31.3 Å². The number of hydrogen-bond acceptors (Lipinski definition) is 5. The molecule has 2 aliphatic carbocycles. The van der Waals surface area contributed by atoms with E-state index < -0.39 is 26.7 Å². The summed E-state index contributed by atoms with van der Waals surface area (Å²) in [5.41, 5.74) is 0.367. The summed E-state index contributed by atoms with van der Waals surface area (Å²) < 4.78 is 25.2. The fourth-order valence-electron chi connectivity index (χ4n) is 2.42. The summed E-state index contributed by atoms with van der Waals surface area (Å²) in [6.45, 7) is 3.02. The highest BCUT2D eigenvalue weighted by atomic mass is 32.2. The van der Waals surface area contributed by atoms with Crippen molar-refractivity contribution in [2.75, 3.05) is 0 Å². The molecule has 116 valence electrons. The van der Waals surface area contributed by atoms with Gasteiger partial charge in [0, 0.05) is 17.2 Å². The minimum absolute atomic E-state index is 0.0556. The second-order valence-electron chi connectivity index (χ2n) is 5.92. The van der Waals surface area contributed by atoms with Crippen LogP contribution in [0.1, 0.15) is 47.4 Å². The molecule has 0 bridgehead atoms. The van der Waals surface area contributed by atoms with Gasteiger partial charge in [0.15, 0.2) is 9.84 Å². The summed E-state index contributed by atoms with van der Waals surface area (Å²) >= 11 is 0. The summed E-state index contributed by atoms with van der Waals surface area (Å²) in [5, 5.41) is 2.19. The predicted octanol–water partition coefficient (Wildman–Crippen LogP) is 1.85. The molecule has 6 heteroatoms. The summed E-state index contributed by atoms with van der Waals surface area (Å²) in [5.74, 6) is -1.01. The van der Waals surface area contributed by atoms with Crippen LogP contribution in [0.2, 0.25) is 0 Å². The lowest BCUT2D eigenvalue weighted by Gasteiger charge is -2.23. The van der Waals surface area contributed by atoms with Crippen LogP contribution in [0, 0.1) is 0 Å². The first-order valence-electron chi connectivity index (χ1n) is 7.27. The van der Waals surface area contributed by atoms with E-state index in [2.05, 4.69) is 5.32 Å². The van der Waals surface area contributed by atoms with Gasteiger partial charge < -0.3 is 5.32 Å². The first kappa shape index (κ1) is 15.0. The van der Waals surface area contributed by atoms with Gasteiger partial charge >= 0.3 is 0 Å². The van der Waals surface area contributed by atoms with E-state index >= 15 is 0 Å². The average Bonchev–Trinajstić information content (AvgIpc) is 3.28. The van der Waals surface area contributed by atoms with Crippen molar-refractivity contribution in [2.24, 2.45) is 0 Å². The summed E-state index contributed by atoms with van der Waals surface area (Å²) in [6, 6.07) is 6.43. The number of fused-ring (bicyclic) bond motifs is 1. The van der Waals surface area contributed by atoms with E-state index in [0.717, 1.165) is 12.8 Å². The van der Waals surface area contributed by atoms with Crippen LogP contribution < -0.4 is 5.32 Å². The van der Waals surface area contributed by atoms with Crippen molar-refractivity contribution in [1.82, 2.24) is 5.32 Å². The molecule has 1 N–H and O–H groups in total. The molecule has 0 radical (unpaired) electrons. The second-order valence-corrected chi connectivity index (χ2v) is 8.36. The number of ketones is 2. The number of carbonyl (C=O) groups excluding carboxylic acids is 2. The Balaban J connectivity index is 2.24. The summed E-state index contributed by atoms with van der Waals surface area (Å²) in [7, 11) is -3.85. The quantitative estimate of drug-likeness (QED) is 0.916. The highest BCUT2D eigenvalue weighted by molar-refractivity contribution is 7.96. The number of nitrogens with one attached hydrogen (secondary N) is 1. The lowest BCUT2D eigenvalue weighted by atomic mass is 9.92. The van der Waals surface area contributed by atoms with Gasteiger partial charge in [-0.3, -0.25) is 9.59 Å². The molecule has 22 heavy (non-hydrogen) atoms. The van der Waals surface area contributed by atoms with Crippen molar-refractivity contribution in [2.45, 2.75) is 38.0 Å². The summed E-state index contributed by atoms with van der Waals surface area (Å²) in [4.78, 5) is 25.0. The zero-order valence-corrected chi connectivity index (χ0v) is 13.2. The van der Waals surface area contributed by atoms with Crippen LogP contribution in [-0.2, 0) is 9.84 Å². The van der Waals surface area contributed by atoms with Gasteiger partial charge in [0.25, 0.3) is 0 Å². The van der Waals surface area contributed by atoms with Gasteiger partial charge in [0.1, 0.15) is 10.6 Å². The van der Waals surface area contributed by atoms with Crippen molar-refractivity contribution in [3.8, 4) is 0 Å². The van der Waals surface area contributed by atoms with Crippen molar-refractivity contribution in [3.05, 3.63) is 46.0 Å². The number of carbonyl (C=O) groups is 2. The third kappa shape index (κ3) is 2.27. The molecule has 0 atom stereocenters. The van der Waals surface area contributed by atoms with Gasteiger partial charge in [-0.25, -0.2) is 8.42 Å². The van der Waals surface area contributed by atoms with E-state index in [1.165, 1.54) is 19.9 Å². The van der Waals surface area contributed by atoms with Crippen LogP contribution >= 0.6 is 0 Å². The van der Waals surface area contributed by atoms with Crippen LogP contribution in [0.3, 0.4) is 0 Å². The molecule has 0 aliphatic heterocycles. The standard InChI is InChI=1S/C16H17NO4S/c1-9(2)22(20,21)16-13(17-10-7-8-10)14(18)11-5-3-4-6-12(11)15(16)19/h3-6,9-10,17H,7-8H2,1-2H3.